The van der Waals surface area contributed by atoms with Crippen LogP contribution >= 0.6 is 16.1 Å². The molecule has 0 aromatic heterocycles. The fraction of sp³-hybridized carbons (Fsp3) is 0.750. The largest absolute Gasteiger partial charge is 0.282 e. The van der Waals surface area contributed by atoms with Crippen LogP contribution in [0, 0.1) is 0 Å². The molecule has 0 rings (SSSR count). The van der Waals surface area contributed by atoms with Crippen LogP contribution in [0.1, 0.15) is 13.3 Å². The first-order chi connectivity index (χ1) is 3.18. The fourth-order valence-corrected chi connectivity index (χ4v) is 0.469. The summed E-state index contributed by atoms with van der Waals surface area (Å²) in [6, 6.07) is 0. The van der Waals surface area contributed by atoms with Crippen molar-refractivity contribution in [1.82, 2.24) is 3.93 Å². The van der Waals surface area contributed by atoms with Crippen molar-refractivity contribution in [3.8, 4) is 0 Å². The zero-order valence-electron chi connectivity index (χ0n) is 4.44. The van der Waals surface area contributed by atoms with Gasteiger partial charge in [-0.25, -0.2) is 0 Å². The van der Waals surface area contributed by atoms with E-state index in [0.717, 1.165) is 0 Å². The maximum atomic E-state index is 10.4. The van der Waals surface area contributed by atoms with E-state index >= 15 is 0 Å². The summed E-state index contributed by atoms with van der Waals surface area (Å²) in [7, 11) is 1.67. The first-order valence-corrected chi connectivity index (χ1v) is 2.81. The summed E-state index contributed by atoms with van der Waals surface area (Å²) >= 11 is 2.98. The Hall–Kier alpha value is -0.0500. The molecule has 0 heterocycles. The lowest BCUT2D eigenvalue weighted by atomic mass is 10.5. The molecule has 0 saturated carbocycles. The van der Waals surface area contributed by atoms with Gasteiger partial charge in [0.1, 0.15) is 0 Å². The van der Waals surface area contributed by atoms with E-state index in [4.69, 9.17) is 0 Å². The summed E-state index contributed by atoms with van der Waals surface area (Å²) < 4.78 is 1.40. The molecule has 3 heteroatoms. The van der Waals surface area contributed by atoms with E-state index in [1.165, 1.54) is 3.93 Å². The van der Waals surface area contributed by atoms with Gasteiger partial charge in [0.25, 0.3) is 0 Å². The third kappa shape index (κ3) is 2.62. The van der Waals surface area contributed by atoms with Gasteiger partial charge in [-0.1, -0.05) is 6.92 Å². The van der Waals surface area contributed by atoms with Crippen LogP contribution in [-0.4, -0.2) is 16.9 Å². The van der Waals surface area contributed by atoms with Crippen LogP contribution in [0.25, 0.3) is 0 Å². The first kappa shape index (κ1) is 6.95. The lowest BCUT2D eigenvalue weighted by Crippen LogP contribution is -2.13. The molecule has 1 amide bonds. The highest BCUT2D eigenvalue weighted by atomic mass is 79.9. The Bertz CT molecular complexity index is 72.1. The van der Waals surface area contributed by atoms with Gasteiger partial charge < -0.3 is 0 Å². The second kappa shape index (κ2) is 3.02. The third-order valence-electron chi connectivity index (χ3n) is 0.646. The molecule has 0 saturated heterocycles. The minimum atomic E-state index is 0.0972. The molecule has 0 atom stereocenters. The van der Waals surface area contributed by atoms with Gasteiger partial charge in [0.05, 0.1) is 16.1 Å². The van der Waals surface area contributed by atoms with Crippen LogP contribution in [0.5, 0.6) is 0 Å². The van der Waals surface area contributed by atoms with E-state index in [0.29, 0.717) is 6.42 Å². The van der Waals surface area contributed by atoms with Crippen LogP contribution in [0.2, 0.25) is 0 Å². The number of hydrogen-bond donors (Lipinski definition) is 0. The number of amides is 1. The molecule has 0 fully saturated rings. The molecule has 7 heavy (non-hydrogen) atoms. The summed E-state index contributed by atoms with van der Waals surface area (Å²) in [5, 5.41) is 0. The number of halogens is 1. The highest BCUT2D eigenvalue weighted by Crippen LogP contribution is 1.94. The van der Waals surface area contributed by atoms with Crippen molar-refractivity contribution in [1.29, 1.82) is 0 Å². The average Bonchev–Trinajstić information content (AvgIpc) is 1.65. The summed E-state index contributed by atoms with van der Waals surface area (Å²) in [5.74, 6) is 0.0972. The molecule has 0 spiro atoms. The number of rotatable bonds is 1. The lowest BCUT2D eigenvalue weighted by molar-refractivity contribution is -0.124. The topological polar surface area (TPSA) is 20.3 Å². The Morgan fingerprint density at radius 2 is 2.29 bits per heavy atom. The van der Waals surface area contributed by atoms with E-state index in [-0.39, 0.29) is 5.91 Å². The summed E-state index contributed by atoms with van der Waals surface area (Å²) in [4.78, 5) is 10.4. The Kier molecular flexibility index (Phi) is 3.00. The molecule has 0 aliphatic carbocycles. The maximum absolute atomic E-state index is 10.4. The molecule has 2 nitrogen and oxygen atoms in total. The number of nitrogens with zero attached hydrogens (tertiary/aromatic N) is 1. The van der Waals surface area contributed by atoms with E-state index in [1.807, 2.05) is 6.92 Å². The lowest BCUT2D eigenvalue weighted by Gasteiger charge is -2.02. The Balaban J connectivity index is 3.35. The molecular formula is C4H8BrNO. The molecule has 0 aliphatic heterocycles. The Morgan fingerprint density at radius 3 is 2.29 bits per heavy atom. The van der Waals surface area contributed by atoms with Crippen LogP contribution < -0.4 is 0 Å². The standard InChI is InChI=1S/C4H8BrNO/c1-3-4(7)6(2)5/h3H2,1-2H3. The normalized spacial score (nSPS) is 8.43. The van der Waals surface area contributed by atoms with Gasteiger partial charge in [-0.15, -0.1) is 0 Å². The molecule has 42 valence electrons. The van der Waals surface area contributed by atoms with Crippen LogP contribution in [-0.2, 0) is 4.79 Å². The van der Waals surface area contributed by atoms with E-state index in [9.17, 15) is 4.79 Å². The second-order valence-corrected chi connectivity index (χ2v) is 2.29. The maximum Gasteiger partial charge on any atom is 0.231 e. The monoisotopic (exact) mass is 165 g/mol. The Morgan fingerprint density at radius 1 is 1.86 bits per heavy atom. The predicted octanol–water partition coefficient (Wildman–Crippen LogP) is 1.16. The van der Waals surface area contributed by atoms with Crippen LogP contribution in [0.3, 0.4) is 0 Å². The van der Waals surface area contributed by atoms with E-state index in [2.05, 4.69) is 16.1 Å². The van der Waals surface area contributed by atoms with Crippen molar-refractivity contribution in [3.63, 3.8) is 0 Å². The number of carbonyl (C=O) groups excluding carboxylic acids is 1. The van der Waals surface area contributed by atoms with Gasteiger partial charge >= 0.3 is 0 Å². The van der Waals surface area contributed by atoms with Gasteiger partial charge in [0.2, 0.25) is 5.91 Å². The first-order valence-electron chi connectivity index (χ1n) is 2.10. The summed E-state index contributed by atoms with van der Waals surface area (Å²) in [6.07, 6.45) is 0.557. The van der Waals surface area contributed by atoms with Crippen molar-refractivity contribution in [2.24, 2.45) is 0 Å². The molecule has 0 bridgehead atoms. The van der Waals surface area contributed by atoms with E-state index in [1.54, 1.807) is 7.05 Å². The number of hydrogen-bond acceptors (Lipinski definition) is 1. The van der Waals surface area contributed by atoms with Crippen molar-refractivity contribution in [2.75, 3.05) is 7.05 Å². The predicted molar refractivity (Wildman–Crippen MR) is 32.0 cm³/mol. The quantitative estimate of drug-likeness (QED) is 0.535. The molecule has 0 N–H and O–H groups in total. The fourth-order valence-electron chi connectivity index (χ4n) is 0.218. The summed E-state index contributed by atoms with van der Waals surface area (Å²) in [5.41, 5.74) is 0. The van der Waals surface area contributed by atoms with Crippen molar-refractivity contribution >= 4 is 22.1 Å². The van der Waals surface area contributed by atoms with Crippen molar-refractivity contribution < 1.29 is 4.79 Å². The van der Waals surface area contributed by atoms with Gasteiger partial charge in [0.15, 0.2) is 0 Å². The second-order valence-electron chi connectivity index (χ2n) is 1.22. The van der Waals surface area contributed by atoms with E-state index < -0.39 is 0 Å². The Labute approximate surface area is 51.8 Å². The van der Waals surface area contributed by atoms with Crippen molar-refractivity contribution in [2.45, 2.75) is 13.3 Å². The average molecular weight is 166 g/mol. The molecule has 0 radical (unpaired) electrons. The summed E-state index contributed by atoms with van der Waals surface area (Å²) in [6.45, 7) is 1.82. The minimum absolute atomic E-state index is 0.0972. The SMILES string of the molecule is CCC(=O)N(C)Br. The molecular weight excluding hydrogens is 158 g/mol. The molecule has 0 aromatic rings. The highest BCUT2D eigenvalue weighted by Gasteiger charge is 1.97. The minimum Gasteiger partial charge on any atom is -0.282 e. The zero-order valence-corrected chi connectivity index (χ0v) is 6.03. The van der Waals surface area contributed by atoms with Gasteiger partial charge in [-0.05, 0) is 0 Å². The zero-order chi connectivity index (χ0) is 5.86. The van der Waals surface area contributed by atoms with Crippen LogP contribution in [0.4, 0.5) is 0 Å². The molecule has 0 aliphatic rings. The molecule has 0 unspecified atom stereocenters. The van der Waals surface area contributed by atoms with Gasteiger partial charge in [-0.3, -0.25) is 8.72 Å². The third-order valence-corrected chi connectivity index (χ3v) is 1.04. The van der Waals surface area contributed by atoms with Crippen molar-refractivity contribution in [3.05, 3.63) is 0 Å². The highest BCUT2D eigenvalue weighted by molar-refractivity contribution is 9.07. The smallest absolute Gasteiger partial charge is 0.231 e. The number of carbonyl (C=O) groups is 1. The van der Waals surface area contributed by atoms with Gasteiger partial charge in [-0.2, -0.15) is 0 Å². The van der Waals surface area contributed by atoms with Gasteiger partial charge in [0, 0.05) is 13.5 Å². The van der Waals surface area contributed by atoms with Crippen LogP contribution in [0.15, 0.2) is 0 Å². The molecule has 0 aromatic carbocycles.